The number of carbonyl (C=O) groups excluding carboxylic acids is 1. The highest BCUT2D eigenvalue weighted by Gasteiger charge is 2.13. The van der Waals surface area contributed by atoms with Crippen molar-refractivity contribution in [3.8, 4) is 17.2 Å². The number of aliphatic hydroxyl groups is 1. The van der Waals surface area contributed by atoms with Gasteiger partial charge in [0.1, 0.15) is 18.5 Å². The van der Waals surface area contributed by atoms with Gasteiger partial charge in [-0.25, -0.2) is 0 Å². The van der Waals surface area contributed by atoms with Gasteiger partial charge < -0.3 is 19.3 Å². The fraction of sp³-hybridized carbons (Fsp3) is 0.381. The Bertz CT molecular complexity index is 815. The Labute approximate surface area is 168 Å². The van der Waals surface area contributed by atoms with Gasteiger partial charge in [-0.05, 0) is 49.9 Å². The summed E-state index contributed by atoms with van der Waals surface area (Å²) in [5.74, 6) is 0.848. The fourth-order valence-corrected chi connectivity index (χ4v) is 2.80. The van der Waals surface area contributed by atoms with Gasteiger partial charge in [0, 0.05) is 18.7 Å². The number of hydrogen-bond acceptors (Lipinski definition) is 6. The van der Waals surface area contributed by atoms with Gasteiger partial charge in [0.05, 0.1) is 7.11 Å². The van der Waals surface area contributed by atoms with E-state index in [1.165, 1.54) is 26.2 Å². The lowest BCUT2D eigenvalue weighted by atomic mass is 10.1. The molecule has 2 aromatic carbocycles. The lowest BCUT2D eigenvalue weighted by molar-refractivity contribution is -0.0499. The molecule has 1 unspecified atom stereocenters. The molecule has 29 heavy (non-hydrogen) atoms. The number of likely N-dealkylation sites (N-methyl/N-ethyl adjacent to an activating group) is 1. The van der Waals surface area contributed by atoms with Gasteiger partial charge in [-0.2, -0.15) is 8.78 Å². The normalized spacial score (nSPS) is 12.1. The second kappa shape index (κ2) is 10.7. The van der Waals surface area contributed by atoms with Gasteiger partial charge in [0.15, 0.2) is 17.3 Å². The van der Waals surface area contributed by atoms with Crippen LogP contribution in [-0.4, -0.2) is 55.8 Å². The molecule has 6 nitrogen and oxygen atoms in total. The smallest absolute Gasteiger partial charge is 0.387 e. The molecule has 2 rings (SSSR count). The molecule has 0 bridgehead atoms. The first-order valence-electron chi connectivity index (χ1n) is 9.00. The van der Waals surface area contributed by atoms with Crippen LogP contribution in [0.3, 0.4) is 0 Å². The number of carbonyl (C=O) groups is 1. The molecule has 0 radical (unpaired) electrons. The predicted octanol–water partition coefficient (Wildman–Crippen LogP) is 3.37. The summed E-state index contributed by atoms with van der Waals surface area (Å²) in [6.07, 6.45) is -0.794. The van der Waals surface area contributed by atoms with E-state index in [9.17, 15) is 18.7 Å². The minimum absolute atomic E-state index is 0.0225. The second-order valence-electron chi connectivity index (χ2n) is 6.61. The van der Waals surface area contributed by atoms with Crippen LogP contribution in [0.15, 0.2) is 42.5 Å². The maximum atomic E-state index is 12.3. The molecule has 1 atom stereocenters. The minimum Gasteiger partial charge on any atom is -0.493 e. The molecule has 0 saturated heterocycles. The highest BCUT2D eigenvalue weighted by molar-refractivity contribution is 5.94. The average Bonchev–Trinajstić information content (AvgIpc) is 2.65. The molecule has 0 aliphatic carbocycles. The molecule has 0 heterocycles. The van der Waals surface area contributed by atoms with E-state index in [-0.39, 0.29) is 18.1 Å². The maximum absolute atomic E-state index is 12.3. The molecule has 2 aromatic rings. The van der Waals surface area contributed by atoms with Crippen molar-refractivity contribution in [3.05, 3.63) is 53.6 Å². The highest BCUT2D eigenvalue weighted by atomic mass is 19.3. The summed E-state index contributed by atoms with van der Waals surface area (Å²) in [6, 6.07) is 11.3. The Morgan fingerprint density at radius 1 is 1.17 bits per heavy atom. The first-order chi connectivity index (χ1) is 13.8. The Morgan fingerprint density at radius 3 is 2.59 bits per heavy atom. The number of ketones is 1. The van der Waals surface area contributed by atoms with E-state index in [1.807, 2.05) is 4.90 Å². The van der Waals surface area contributed by atoms with Gasteiger partial charge >= 0.3 is 6.61 Å². The zero-order chi connectivity index (χ0) is 21.4. The van der Waals surface area contributed by atoms with Crippen molar-refractivity contribution >= 4 is 5.78 Å². The van der Waals surface area contributed by atoms with Gasteiger partial charge in [-0.1, -0.05) is 12.1 Å². The number of rotatable bonds is 11. The van der Waals surface area contributed by atoms with E-state index in [1.54, 1.807) is 37.4 Å². The SMILES string of the molecule is COc1cc(C(C)=O)ccc1OCC(O)CN(C)Cc1cccc(OC(F)F)c1. The number of alkyl halides is 2. The summed E-state index contributed by atoms with van der Waals surface area (Å²) in [4.78, 5) is 13.3. The van der Waals surface area contributed by atoms with Crippen molar-refractivity contribution in [3.63, 3.8) is 0 Å². The number of methoxy groups -OCH3 is 1. The van der Waals surface area contributed by atoms with Crippen LogP contribution in [0.25, 0.3) is 0 Å². The standard InChI is InChI=1S/C21H25F2NO5/c1-14(25)16-7-8-19(20(10-16)27-3)28-13-17(26)12-24(2)11-15-5-4-6-18(9-15)29-21(22)23/h4-10,17,21,26H,11-13H2,1-3H3. The molecule has 8 heteroatoms. The van der Waals surface area contributed by atoms with Crippen molar-refractivity contribution in [1.82, 2.24) is 4.90 Å². The van der Waals surface area contributed by atoms with Gasteiger partial charge in [0.25, 0.3) is 0 Å². The van der Waals surface area contributed by atoms with Crippen LogP contribution in [0.4, 0.5) is 8.78 Å². The van der Waals surface area contributed by atoms with E-state index in [4.69, 9.17) is 9.47 Å². The molecular weight excluding hydrogens is 384 g/mol. The second-order valence-corrected chi connectivity index (χ2v) is 6.61. The molecule has 0 saturated carbocycles. The number of aliphatic hydroxyl groups excluding tert-OH is 1. The number of hydrogen-bond donors (Lipinski definition) is 1. The van der Waals surface area contributed by atoms with Crippen LogP contribution in [-0.2, 0) is 6.54 Å². The summed E-state index contributed by atoms with van der Waals surface area (Å²) in [7, 11) is 3.27. The summed E-state index contributed by atoms with van der Waals surface area (Å²) in [6.45, 7) is -0.649. The zero-order valence-electron chi connectivity index (χ0n) is 16.6. The summed E-state index contributed by atoms with van der Waals surface area (Å²) < 4.78 is 39.9. The number of Topliss-reactive ketones (excluding diaryl/α,β-unsaturated/α-hetero) is 1. The molecule has 158 valence electrons. The first-order valence-corrected chi connectivity index (χ1v) is 9.00. The zero-order valence-corrected chi connectivity index (χ0v) is 16.6. The van der Waals surface area contributed by atoms with Crippen molar-refractivity contribution in [2.45, 2.75) is 26.2 Å². The van der Waals surface area contributed by atoms with Crippen molar-refractivity contribution in [2.24, 2.45) is 0 Å². The number of nitrogens with zero attached hydrogens (tertiary/aromatic N) is 1. The van der Waals surface area contributed by atoms with Crippen molar-refractivity contribution < 1.29 is 32.9 Å². The lowest BCUT2D eigenvalue weighted by Crippen LogP contribution is -2.32. The quantitative estimate of drug-likeness (QED) is 0.574. The third-order valence-corrected chi connectivity index (χ3v) is 4.10. The molecule has 0 amide bonds. The van der Waals surface area contributed by atoms with E-state index < -0.39 is 12.7 Å². The minimum atomic E-state index is -2.87. The Balaban J connectivity index is 1.87. The van der Waals surface area contributed by atoms with Gasteiger partial charge in [-0.15, -0.1) is 0 Å². The largest absolute Gasteiger partial charge is 0.493 e. The third kappa shape index (κ3) is 7.32. The van der Waals surface area contributed by atoms with Gasteiger partial charge in [-0.3, -0.25) is 9.69 Å². The monoisotopic (exact) mass is 409 g/mol. The van der Waals surface area contributed by atoms with Crippen molar-refractivity contribution in [2.75, 3.05) is 27.3 Å². The van der Waals surface area contributed by atoms with Crippen molar-refractivity contribution in [1.29, 1.82) is 0 Å². The Hall–Kier alpha value is -2.71. The van der Waals surface area contributed by atoms with E-state index >= 15 is 0 Å². The molecule has 0 aliphatic heterocycles. The molecule has 1 N–H and O–H groups in total. The van der Waals surface area contributed by atoms with Crippen LogP contribution in [0, 0.1) is 0 Å². The summed E-state index contributed by atoms with van der Waals surface area (Å²) in [5, 5.41) is 10.3. The van der Waals surface area contributed by atoms with Crippen LogP contribution in [0.2, 0.25) is 0 Å². The topological polar surface area (TPSA) is 68.2 Å². The van der Waals surface area contributed by atoms with Crippen LogP contribution in [0.5, 0.6) is 17.2 Å². The molecular formula is C21H25F2NO5. The van der Waals surface area contributed by atoms with Crippen LogP contribution >= 0.6 is 0 Å². The molecule has 0 aliphatic rings. The maximum Gasteiger partial charge on any atom is 0.387 e. The number of benzene rings is 2. The van der Waals surface area contributed by atoms with E-state index in [2.05, 4.69) is 4.74 Å². The van der Waals surface area contributed by atoms with Crippen LogP contribution < -0.4 is 14.2 Å². The lowest BCUT2D eigenvalue weighted by Gasteiger charge is -2.21. The average molecular weight is 409 g/mol. The first kappa shape index (κ1) is 22.6. The van der Waals surface area contributed by atoms with Gasteiger partial charge in [0.2, 0.25) is 0 Å². The summed E-state index contributed by atoms with van der Waals surface area (Å²) >= 11 is 0. The number of ether oxygens (including phenoxy) is 3. The van der Waals surface area contributed by atoms with E-state index in [0.29, 0.717) is 30.2 Å². The number of halogens is 2. The van der Waals surface area contributed by atoms with Crippen LogP contribution in [0.1, 0.15) is 22.8 Å². The fourth-order valence-electron chi connectivity index (χ4n) is 2.80. The molecule has 0 fully saturated rings. The Morgan fingerprint density at radius 2 is 1.93 bits per heavy atom. The summed E-state index contributed by atoms with van der Waals surface area (Å²) in [5.41, 5.74) is 1.28. The third-order valence-electron chi connectivity index (χ3n) is 4.10. The predicted molar refractivity (Wildman–Crippen MR) is 104 cm³/mol. The highest BCUT2D eigenvalue weighted by Crippen LogP contribution is 2.28. The molecule has 0 aromatic heterocycles. The van der Waals surface area contributed by atoms with E-state index in [0.717, 1.165) is 5.56 Å². The Kier molecular flexibility index (Phi) is 8.35. The molecule has 0 spiro atoms.